The van der Waals surface area contributed by atoms with Gasteiger partial charge in [0.1, 0.15) is 12.1 Å². The van der Waals surface area contributed by atoms with Gasteiger partial charge in [-0.3, -0.25) is 0 Å². The van der Waals surface area contributed by atoms with Crippen molar-refractivity contribution in [1.29, 1.82) is 0 Å². The Morgan fingerprint density at radius 1 is 1.50 bits per heavy atom. The molecular formula is C10H11ClFNO. The molecule has 0 aliphatic rings. The van der Waals surface area contributed by atoms with Crippen molar-refractivity contribution in [1.82, 2.24) is 5.32 Å². The summed E-state index contributed by atoms with van der Waals surface area (Å²) in [4.78, 5) is 9.98. The molecule has 2 nitrogen and oxygen atoms in total. The van der Waals surface area contributed by atoms with E-state index >= 15 is 0 Å². The van der Waals surface area contributed by atoms with Gasteiger partial charge in [-0.15, -0.1) is 0 Å². The van der Waals surface area contributed by atoms with Gasteiger partial charge in [-0.05, 0) is 36.7 Å². The molecular weight excluding hydrogens is 205 g/mol. The second-order valence-corrected chi connectivity index (χ2v) is 3.29. The standard InChI is InChI=1S/C10H11ClFNO/c11-9-1-2-10(12)8(7-9)3-4-13-5-6-14/h1-2,6-7,13H,3-5H2. The first-order chi connectivity index (χ1) is 6.74. The second kappa shape index (κ2) is 5.73. The topological polar surface area (TPSA) is 29.1 Å². The third-order valence-electron chi connectivity index (χ3n) is 1.81. The molecule has 4 heteroatoms. The lowest BCUT2D eigenvalue weighted by Gasteiger charge is -2.03. The van der Waals surface area contributed by atoms with E-state index in [9.17, 15) is 9.18 Å². The van der Waals surface area contributed by atoms with E-state index in [0.29, 0.717) is 30.1 Å². The molecule has 0 aliphatic heterocycles. The molecule has 1 aromatic carbocycles. The van der Waals surface area contributed by atoms with E-state index in [4.69, 9.17) is 11.6 Å². The molecule has 1 aromatic rings. The zero-order valence-corrected chi connectivity index (χ0v) is 8.35. The number of benzene rings is 1. The van der Waals surface area contributed by atoms with Crippen molar-refractivity contribution in [3.05, 3.63) is 34.6 Å². The Bertz CT molecular complexity index is 317. The Morgan fingerprint density at radius 2 is 2.29 bits per heavy atom. The van der Waals surface area contributed by atoms with Crippen LogP contribution in [-0.4, -0.2) is 19.4 Å². The summed E-state index contributed by atoms with van der Waals surface area (Å²) < 4.78 is 13.1. The van der Waals surface area contributed by atoms with Gasteiger partial charge in [-0.2, -0.15) is 0 Å². The smallest absolute Gasteiger partial charge is 0.133 e. The van der Waals surface area contributed by atoms with Crippen molar-refractivity contribution >= 4 is 17.9 Å². The normalized spacial score (nSPS) is 10.1. The fraction of sp³-hybridized carbons (Fsp3) is 0.300. The number of hydrogen-bond acceptors (Lipinski definition) is 2. The Labute approximate surface area is 87.1 Å². The Balaban J connectivity index is 2.49. The Hall–Kier alpha value is -0.930. The highest BCUT2D eigenvalue weighted by Gasteiger charge is 2.01. The van der Waals surface area contributed by atoms with Gasteiger partial charge in [0, 0.05) is 5.02 Å². The van der Waals surface area contributed by atoms with Crippen LogP contribution in [0.2, 0.25) is 5.02 Å². The van der Waals surface area contributed by atoms with Crippen LogP contribution in [0.15, 0.2) is 18.2 Å². The molecule has 0 amide bonds. The number of carbonyl (C=O) groups excluding carboxylic acids is 1. The van der Waals surface area contributed by atoms with E-state index in [-0.39, 0.29) is 5.82 Å². The van der Waals surface area contributed by atoms with E-state index in [2.05, 4.69) is 5.32 Å². The maximum atomic E-state index is 13.1. The van der Waals surface area contributed by atoms with Crippen molar-refractivity contribution < 1.29 is 9.18 Å². The Kier molecular flexibility index (Phi) is 4.56. The molecule has 0 bridgehead atoms. The SMILES string of the molecule is O=CCNCCc1cc(Cl)ccc1F. The maximum Gasteiger partial charge on any atom is 0.133 e. The maximum absolute atomic E-state index is 13.1. The number of halogens is 2. The summed E-state index contributed by atoms with van der Waals surface area (Å²) >= 11 is 5.71. The molecule has 1 rings (SSSR count). The van der Waals surface area contributed by atoms with Crippen molar-refractivity contribution in [3.63, 3.8) is 0 Å². The lowest BCUT2D eigenvalue weighted by atomic mass is 10.1. The minimum atomic E-state index is -0.262. The molecule has 14 heavy (non-hydrogen) atoms. The fourth-order valence-corrected chi connectivity index (χ4v) is 1.31. The molecule has 0 fully saturated rings. The highest BCUT2D eigenvalue weighted by atomic mass is 35.5. The first-order valence-corrected chi connectivity index (χ1v) is 4.70. The molecule has 0 atom stereocenters. The second-order valence-electron chi connectivity index (χ2n) is 2.86. The summed E-state index contributed by atoms with van der Waals surface area (Å²) in [6.07, 6.45) is 1.30. The number of hydrogen-bond donors (Lipinski definition) is 1. The van der Waals surface area contributed by atoms with E-state index in [1.54, 1.807) is 6.07 Å². The zero-order valence-electron chi connectivity index (χ0n) is 7.59. The first-order valence-electron chi connectivity index (χ1n) is 4.32. The van der Waals surface area contributed by atoms with Crippen LogP contribution in [0.4, 0.5) is 4.39 Å². The molecule has 0 saturated heterocycles. The molecule has 0 aromatic heterocycles. The molecule has 0 unspecified atom stereocenters. The van der Waals surface area contributed by atoms with Crippen LogP contribution in [0.3, 0.4) is 0 Å². The van der Waals surface area contributed by atoms with Crippen molar-refractivity contribution in [2.24, 2.45) is 0 Å². The number of rotatable bonds is 5. The summed E-state index contributed by atoms with van der Waals surface area (Å²) in [6.45, 7) is 0.859. The first kappa shape index (κ1) is 11.1. The molecule has 1 N–H and O–H groups in total. The van der Waals surface area contributed by atoms with Gasteiger partial charge in [0.2, 0.25) is 0 Å². The lowest BCUT2D eigenvalue weighted by Crippen LogP contribution is -2.19. The van der Waals surface area contributed by atoms with Crippen LogP contribution >= 0.6 is 11.6 Å². The minimum absolute atomic E-state index is 0.262. The predicted octanol–water partition coefficient (Wildman–Crippen LogP) is 1.81. The predicted molar refractivity (Wildman–Crippen MR) is 54.0 cm³/mol. The van der Waals surface area contributed by atoms with Crippen molar-refractivity contribution in [2.45, 2.75) is 6.42 Å². The van der Waals surface area contributed by atoms with Gasteiger partial charge < -0.3 is 10.1 Å². The van der Waals surface area contributed by atoms with Crippen LogP contribution in [-0.2, 0) is 11.2 Å². The third-order valence-corrected chi connectivity index (χ3v) is 2.04. The monoisotopic (exact) mass is 215 g/mol. The van der Waals surface area contributed by atoms with E-state index in [0.717, 1.165) is 6.29 Å². The van der Waals surface area contributed by atoms with Gasteiger partial charge in [0.15, 0.2) is 0 Å². The molecule has 0 aliphatic carbocycles. The largest absolute Gasteiger partial charge is 0.310 e. The average Bonchev–Trinajstić information content (AvgIpc) is 2.18. The fourth-order valence-electron chi connectivity index (χ4n) is 1.12. The van der Waals surface area contributed by atoms with E-state index in [1.807, 2.05) is 0 Å². The van der Waals surface area contributed by atoms with Crippen LogP contribution in [0.5, 0.6) is 0 Å². The van der Waals surface area contributed by atoms with Crippen molar-refractivity contribution in [3.8, 4) is 0 Å². The van der Waals surface area contributed by atoms with Crippen LogP contribution < -0.4 is 5.32 Å². The lowest BCUT2D eigenvalue weighted by molar-refractivity contribution is -0.107. The van der Waals surface area contributed by atoms with Crippen LogP contribution in [0.25, 0.3) is 0 Å². The quantitative estimate of drug-likeness (QED) is 0.600. The summed E-state index contributed by atoms with van der Waals surface area (Å²) in [5, 5.41) is 3.38. The zero-order chi connectivity index (χ0) is 10.4. The minimum Gasteiger partial charge on any atom is -0.310 e. The molecule has 0 saturated carbocycles. The Morgan fingerprint density at radius 3 is 3.00 bits per heavy atom. The molecule has 0 spiro atoms. The summed E-state index contributed by atoms with van der Waals surface area (Å²) in [6, 6.07) is 4.45. The van der Waals surface area contributed by atoms with Crippen molar-refractivity contribution in [2.75, 3.05) is 13.1 Å². The number of carbonyl (C=O) groups is 1. The summed E-state index contributed by atoms with van der Waals surface area (Å²) in [5.41, 5.74) is 0.566. The highest BCUT2D eigenvalue weighted by Crippen LogP contribution is 2.14. The molecule has 0 heterocycles. The van der Waals surface area contributed by atoms with E-state index in [1.165, 1.54) is 12.1 Å². The summed E-state index contributed by atoms with van der Waals surface area (Å²) in [5.74, 6) is -0.262. The highest BCUT2D eigenvalue weighted by molar-refractivity contribution is 6.30. The third kappa shape index (κ3) is 3.44. The number of aldehydes is 1. The summed E-state index contributed by atoms with van der Waals surface area (Å²) in [7, 11) is 0. The van der Waals surface area contributed by atoms with Crippen LogP contribution in [0, 0.1) is 5.82 Å². The van der Waals surface area contributed by atoms with Crippen LogP contribution in [0.1, 0.15) is 5.56 Å². The average molecular weight is 216 g/mol. The van der Waals surface area contributed by atoms with Gasteiger partial charge in [-0.25, -0.2) is 4.39 Å². The van der Waals surface area contributed by atoms with E-state index < -0.39 is 0 Å². The van der Waals surface area contributed by atoms with Gasteiger partial charge in [-0.1, -0.05) is 11.6 Å². The molecule has 0 radical (unpaired) electrons. The van der Waals surface area contributed by atoms with Gasteiger partial charge in [0.05, 0.1) is 6.54 Å². The van der Waals surface area contributed by atoms with Gasteiger partial charge >= 0.3 is 0 Å². The molecule has 76 valence electrons. The number of nitrogens with one attached hydrogen (secondary N) is 1. The van der Waals surface area contributed by atoms with Gasteiger partial charge in [0.25, 0.3) is 0 Å².